The maximum atomic E-state index is 10.9. The van der Waals surface area contributed by atoms with Crippen molar-refractivity contribution in [3.8, 4) is 11.1 Å². The number of pyridine rings is 1. The van der Waals surface area contributed by atoms with E-state index in [4.69, 9.17) is 14.2 Å². The Hall–Kier alpha value is -3.00. The summed E-state index contributed by atoms with van der Waals surface area (Å²) in [7, 11) is 0. The van der Waals surface area contributed by atoms with Crippen LogP contribution in [0, 0.1) is 19.8 Å². The van der Waals surface area contributed by atoms with E-state index in [1.807, 2.05) is 33.9 Å². The number of aliphatic hydroxyl groups is 1. The molecule has 0 amide bonds. The second kappa shape index (κ2) is 8.83. The Morgan fingerprint density at radius 2 is 1.83 bits per heavy atom. The minimum Gasteiger partial charge on any atom is -0.385 e. The Morgan fingerprint density at radius 1 is 1.08 bits per heavy atom. The highest BCUT2D eigenvalue weighted by Gasteiger charge is 2.32. The summed E-state index contributed by atoms with van der Waals surface area (Å²) in [6.45, 7) is 9.16. The van der Waals surface area contributed by atoms with Crippen LogP contribution < -0.4 is 0 Å². The molecule has 0 radical (unpaired) electrons. The smallest absolute Gasteiger partial charge is 0.141 e. The van der Waals surface area contributed by atoms with Crippen molar-refractivity contribution in [2.24, 2.45) is 5.92 Å². The largest absolute Gasteiger partial charge is 0.385 e. The van der Waals surface area contributed by atoms with Gasteiger partial charge in [0.25, 0.3) is 0 Å². The maximum absolute atomic E-state index is 10.9. The van der Waals surface area contributed by atoms with Crippen LogP contribution in [0.4, 0.5) is 0 Å². The number of hydrogen-bond donors (Lipinski definition) is 1. The van der Waals surface area contributed by atoms with Gasteiger partial charge in [0.05, 0.1) is 33.1 Å². The van der Waals surface area contributed by atoms with Gasteiger partial charge in [-0.2, -0.15) is 0 Å². The molecule has 36 heavy (non-hydrogen) atoms. The van der Waals surface area contributed by atoms with Gasteiger partial charge >= 0.3 is 0 Å². The van der Waals surface area contributed by atoms with Gasteiger partial charge in [-0.1, -0.05) is 35.5 Å². The number of rotatable bonds is 5. The standard InChI is InChI=1S/C29H31N3O3S/c1-17-25(18(2)35-31-17)21-14-22-26(30-16-21)28-23(15-24(36-28)29(3,4)33)32(22)27(19-8-6-5-7-9-19)20-10-12-34-13-11-20/h5-9,14-16,20,27,33H,10-13H2,1-4H3. The van der Waals surface area contributed by atoms with E-state index in [-0.39, 0.29) is 6.04 Å². The third-order valence-corrected chi connectivity index (χ3v) is 8.81. The van der Waals surface area contributed by atoms with Crippen molar-refractivity contribution in [3.63, 3.8) is 0 Å². The number of hydrogen-bond acceptors (Lipinski definition) is 6. The van der Waals surface area contributed by atoms with Gasteiger partial charge in [-0.15, -0.1) is 11.3 Å². The van der Waals surface area contributed by atoms with Crippen LogP contribution in [0.1, 0.15) is 54.6 Å². The molecule has 1 aromatic carbocycles. The van der Waals surface area contributed by atoms with Crippen molar-refractivity contribution < 1.29 is 14.4 Å². The van der Waals surface area contributed by atoms with Gasteiger partial charge in [0, 0.05) is 35.4 Å². The molecule has 186 valence electrons. The normalized spacial score (nSPS) is 16.2. The molecule has 6 nitrogen and oxygen atoms in total. The van der Waals surface area contributed by atoms with E-state index in [0.717, 1.165) is 74.8 Å². The highest BCUT2D eigenvalue weighted by Crippen LogP contribution is 2.45. The summed E-state index contributed by atoms with van der Waals surface area (Å²) in [5.74, 6) is 1.22. The van der Waals surface area contributed by atoms with Crippen molar-refractivity contribution in [2.45, 2.75) is 52.2 Å². The van der Waals surface area contributed by atoms with Crippen LogP contribution in [0.2, 0.25) is 0 Å². The van der Waals surface area contributed by atoms with Gasteiger partial charge in [0.15, 0.2) is 0 Å². The second-order valence-electron chi connectivity index (χ2n) is 10.4. The second-order valence-corrected chi connectivity index (χ2v) is 11.4. The lowest BCUT2D eigenvalue weighted by atomic mass is 9.86. The van der Waals surface area contributed by atoms with Gasteiger partial charge in [-0.3, -0.25) is 4.98 Å². The first-order valence-electron chi connectivity index (χ1n) is 12.5. The van der Waals surface area contributed by atoms with Crippen molar-refractivity contribution in [2.75, 3.05) is 13.2 Å². The lowest BCUT2D eigenvalue weighted by molar-refractivity contribution is 0.0552. The molecule has 0 spiro atoms. The van der Waals surface area contributed by atoms with E-state index in [0.29, 0.717) is 5.92 Å². The monoisotopic (exact) mass is 501 g/mol. The summed E-state index contributed by atoms with van der Waals surface area (Å²) in [5, 5.41) is 15.0. The molecule has 4 aromatic heterocycles. The summed E-state index contributed by atoms with van der Waals surface area (Å²) in [4.78, 5) is 5.94. The first-order chi connectivity index (χ1) is 17.3. The molecule has 1 aliphatic rings. The van der Waals surface area contributed by atoms with Crippen molar-refractivity contribution >= 4 is 32.6 Å². The number of ether oxygens (including phenoxy) is 1. The first kappa shape index (κ1) is 23.4. The quantitative estimate of drug-likeness (QED) is 0.288. The lowest BCUT2D eigenvalue weighted by Crippen LogP contribution is -2.26. The molecule has 5 aromatic rings. The van der Waals surface area contributed by atoms with Crippen LogP contribution in [-0.4, -0.2) is 33.0 Å². The number of aromatic nitrogens is 3. The molecule has 1 saturated heterocycles. The zero-order valence-electron chi connectivity index (χ0n) is 21.1. The molecular weight excluding hydrogens is 470 g/mol. The van der Waals surface area contributed by atoms with E-state index in [1.54, 1.807) is 11.3 Å². The van der Waals surface area contributed by atoms with Crippen LogP contribution in [0.3, 0.4) is 0 Å². The molecule has 1 unspecified atom stereocenters. The van der Waals surface area contributed by atoms with E-state index in [1.165, 1.54) is 5.56 Å². The number of thiophene rings is 1. The van der Waals surface area contributed by atoms with Crippen molar-refractivity contribution in [3.05, 3.63) is 70.6 Å². The molecule has 7 heteroatoms. The molecular formula is C29H31N3O3S. The Morgan fingerprint density at radius 3 is 2.50 bits per heavy atom. The number of fused-ring (bicyclic) bond motifs is 3. The van der Waals surface area contributed by atoms with Gasteiger partial charge < -0.3 is 18.9 Å². The van der Waals surface area contributed by atoms with Gasteiger partial charge in [-0.05, 0) is 64.2 Å². The Labute approximate surface area is 214 Å². The maximum Gasteiger partial charge on any atom is 0.141 e. The van der Waals surface area contributed by atoms with E-state index in [2.05, 4.69) is 52.2 Å². The summed E-state index contributed by atoms with van der Waals surface area (Å²) >= 11 is 1.63. The van der Waals surface area contributed by atoms with Crippen LogP contribution in [-0.2, 0) is 10.3 Å². The molecule has 1 fully saturated rings. The summed E-state index contributed by atoms with van der Waals surface area (Å²) < 4.78 is 14.8. The first-order valence-corrected chi connectivity index (χ1v) is 13.4. The fourth-order valence-electron chi connectivity index (χ4n) is 5.62. The highest BCUT2D eigenvalue weighted by molar-refractivity contribution is 7.20. The van der Waals surface area contributed by atoms with Crippen LogP contribution in [0.5, 0.6) is 0 Å². The summed E-state index contributed by atoms with van der Waals surface area (Å²) in [6, 6.07) is 15.3. The van der Waals surface area contributed by atoms with Gasteiger partial charge in [0.1, 0.15) is 11.3 Å². The minimum atomic E-state index is -0.918. The van der Waals surface area contributed by atoms with Crippen LogP contribution >= 0.6 is 11.3 Å². The van der Waals surface area contributed by atoms with E-state index >= 15 is 0 Å². The zero-order chi connectivity index (χ0) is 25.0. The highest BCUT2D eigenvalue weighted by atomic mass is 32.1. The topological polar surface area (TPSA) is 73.3 Å². The minimum absolute atomic E-state index is 0.126. The van der Waals surface area contributed by atoms with Crippen LogP contribution in [0.15, 0.2) is 53.2 Å². The fourth-order valence-corrected chi connectivity index (χ4v) is 6.77. The number of aryl methyl sites for hydroxylation is 2. The molecule has 1 N–H and O–H groups in total. The molecule has 0 bridgehead atoms. The van der Waals surface area contributed by atoms with Crippen LogP contribution in [0.25, 0.3) is 32.4 Å². The Kier molecular flexibility index (Phi) is 5.74. The van der Waals surface area contributed by atoms with E-state index < -0.39 is 5.60 Å². The third kappa shape index (κ3) is 3.86. The predicted octanol–water partition coefficient (Wildman–Crippen LogP) is 6.77. The Bertz CT molecular complexity index is 1520. The lowest BCUT2D eigenvalue weighted by Gasteiger charge is -2.33. The molecule has 0 saturated carbocycles. The van der Waals surface area contributed by atoms with Crippen molar-refractivity contribution in [1.29, 1.82) is 0 Å². The molecule has 5 heterocycles. The zero-order valence-corrected chi connectivity index (χ0v) is 21.9. The summed E-state index contributed by atoms with van der Waals surface area (Å²) in [6.07, 6.45) is 3.93. The van der Waals surface area contributed by atoms with E-state index in [9.17, 15) is 5.11 Å². The fraction of sp³-hybridized carbons (Fsp3) is 0.379. The van der Waals surface area contributed by atoms with Gasteiger partial charge in [-0.25, -0.2) is 0 Å². The predicted molar refractivity (Wildman–Crippen MR) is 143 cm³/mol. The number of benzene rings is 1. The SMILES string of the molecule is Cc1noc(C)c1-c1cnc2c3sc(C(C)(C)O)cc3n(C(c3ccccc3)C3CCOCC3)c2c1. The summed E-state index contributed by atoms with van der Waals surface area (Å²) in [5.41, 5.74) is 6.41. The molecule has 6 rings (SSSR count). The third-order valence-electron chi connectivity index (χ3n) is 7.37. The average Bonchev–Trinajstić information content (AvgIpc) is 3.53. The average molecular weight is 502 g/mol. The molecule has 1 atom stereocenters. The molecule has 0 aliphatic carbocycles. The Balaban J connectivity index is 1.67. The van der Waals surface area contributed by atoms with Gasteiger partial charge in [0.2, 0.25) is 0 Å². The van der Waals surface area contributed by atoms with Crippen molar-refractivity contribution in [1.82, 2.24) is 14.7 Å². The molecule has 1 aliphatic heterocycles. The number of nitrogens with zero attached hydrogens (tertiary/aromatic N) is 3.